The van der Waals surface area contributed by atoms with Crippen molar-refractivity contribution in [2.75, 3.05) is 6.54 Å². The average Bonchev–Trinajstić information content (AvgIpc) is 3.19. The summed E-state index contributed by atoms with van der Waals surface area (Å²) in [6.45, 7) is 3.97. The number of nitrogens with zero attached hydrogens (tertiary/aromatic N) is 5. The molecule has 2 atom stereocenters. The Labute approximate surface area is 158 Å². The van der Waals surface area contributed by atoms with Crippen molar-refractivity contribution in [2.45, 2.75) is 32.4 Å². The van der Waals surface area contributed by atoms with Crippen LogP contribution in [0.1, 0.15) is 43.0 Å². The van der Waals surface area contributed by atoms with E-state index in [9.17, 15) is 0 Å². The molecule has 0 N–H and O–H groups in total. The van der Waals surface area contributed by atoms with Crippen molar-refractivity contribution in [3.63, 3.8) is 0 Å². The maximum atomic E-state index is 9.10. The van der Waals surface area contributed by atoms with Gasteiger partial charge in [-0.15, -0.1) is 0 Å². The number of aromatic nitrogens is 3. The Hall–Kier alpha value is -3.04. The second-order valence-corrected chi connectivity index (χ2v) is 7.00. The minimum atomic E-state index is 0.0705. The van der Waals surface area contributed by atoms with Crippen LogP contribution < -0.4 is 0 Å². The van der Waals surface area contributed by atoms with Crippen molar-refractivity contribution in [3.8, 4) is 17.5 Å². The molecule has 6 heteroatoms. The number of nitriles is 1. The Balaban J connectivity index is 1.61. The van der Waals surface area contributed by atoms with Crippen molar-refractivity contribution in [1.82, 2.24) is 20.0 Å². The van der Waals surface area contributed by atoms with Gasteiger partial charge in [0.2, 0.25) is 11.7 Å². The highest BCUT2D eigenvalue weighted by Crippen LogP contribution is 2.36. The molecule has 136 valence electrons. The Kier molecular flexibility index (Phi) is 4.95. The molecule has 0 unspecified atom stereocenters. The van der Waals surface area contributed by atoms with E-state index in [-0.39, 0.29) is 6.04 Å². The van der Waals surface area contributed by atoms with Gasteiger partial charge in [-0.2, -0.15) is 10.2 Å². The lowest BCUT2D eigenvalue weighted by atomic mass is 9.90. The van der Waals surface area contributed by atoms with Crippen molar-refractivity contribution in [3.05, 3.63) is 65.8 Å². The van der Waals surface area contributed by atoms with Crippen molar-refractivity contribution in [2.24, 2.45) is 5.92 Å². The van der Waals surface area contributed by atoms with Crippen LogP contribution in [0.15, 0.2) is 53.2 Å². The Morgan fingerprint density at radius 3 is 3.00 bits per heavy atom. The van der Waals surface area contributed by atoms with Crippen LogP contribution in [-0.4, -0.2) is 26.6 Å². The lowest BCUT2D eigenvalue weighted by molar-refractivity contribution is 0.0673. The van der Waals surface area contributed by atoms with Crippen molar-refractivity contribution >= 4 is 0 Å². The summed E-state index contributed by atoms with van der Waals surface area (Å²) in [6, 6.07) is 15.5. The van der Waals surface area contributed by atoms with E-state index in [0.717, 1.165) is 37.2 Å². The standard InChI is InChI=1S/C21H21N5O/c1-15-6-5-11-26(14-18-9-2-3-10-23-18)19(15)21-24-20(25-27-21)17-8-4-7-16(12-17)13-22/h2-4,7-10,12,15,19H,5-6,11,14H2,1H3/t15-,19+/m1/s1. The topological polar surface area (TPSA) is 78.8 Å². The minimum absolute atomic E-state index is 0.0705. The molecule has 27 heavy (non-hydrogen) atoms. The first-order valence-corrected chi connectivity index (χ1v) is 9.22. The summed E-state index contributed by atoms with van der Waals surface area (Å²) in [5.74, 6) is 1.58. The largest absolute Gasteiger partial charge is 0.337 e. The summed E-state index contributed by atoms with van der Waals surface area (Å²) in [6.07, 6.45) is 4.10. The molecule has 1 fully saturated rings. The molecular weight excluding hydrogens is 338 g/mol. The lowest BCUT2D eigenvalue weighted by Crippen LogP contribution is -2.37. The maximum Gasteiger partial charge on any atom is 0.244 e. The van der Waals surface area contributed by atoms with E-state index in [0.29, 0.717) is 23.2 Å². The molecule has 1 aliphatic rings. The van der Waals surface area contributed by atoms with E-state index in [1.54, 1.807) is 12.1 Å². The van der Waals surface area contributed by atoms with Crippen molar-refractivity contribution < 1.29 is 4.52 Å². The van der Waals surface area contributed by atoms with Gasteiger partial charge in [0.25, 0.3) is 0 Å². The molecule has 3 aromatic rings. The average molecular weight is 359 g/mol. The predicted molar refractivity (Wildman–Crippen MR) is 100 cm³/mol. The predicted octanol–water partition coefficient (Wildman–Crippen LogP) is 3.98. The third kappa shape index (κ3) is 3.74. The number of piperidine rings is 1. The Morgan fingerprint density at radius 1 is 1.26 bits per heavy atom. The molecular formula is C21H21N5O. The van der Waals surface area contributed by atoms with Gasteiger partial charge in [0, 0.05) is 18.3 Å². The summed E-state index contributed by atoms with van der Waals surface area (Å²) >= 11 is 0. The van der Waals surface area contributed by atoms with Gasteiger partial charge in [-0.05, 0) is 49.6 Å². The fraction of sp³-hybridized carbons (Fsp3) is 0.333. The summed E-state index contributed by atoms with van der Waals surface area (Å²) in [5, 5.41) is 13.3. The van der Waals surface area contributed by atoms with Gasteiger partial charge in [0.15, 0.2) is 0 Å². The molecule has 0 amide bonds. The number of hydrogen-bond donors (Lipinski definition) is 0. The SMILES string of the molecule is C[C@@H]1CCCN(Cc2ccccn2)[C@@H]1c1nc(-c2cccc(C#N)c2)no1. The molecule has 3 heterocycles. The zero-order chi connectivity index (χ0) is 18.6. The lowest BCUT2D eigenvalue weighted by Gasteiger charge is -2.37. The quantitative estimate of drug-likeness (QED) is 0.701. The zero-order valence-electron chi connectivity index (χ0n) is 15.2. The Bertz CT molecular complexity index is 946. The zero-order valence-corrected chi connectivity index (χ0v) is 15.2. The molecule has 0 radical (unpaired) electrons. The first-order chi connectivity index (χ1) is 13.2. The van der Waals surface area contributed by atoms with E-state index in [2.05, 4.69) is 33.0 Å². The first-order valence-electron chi connectivity index (χ1n) is 9.22. The maximum absolute atomic E-state index is 9.10. The van der Waals surface area contributed by atoms with Crippen LogP contribution in [0.3, 0.4) is 0 Å². The van der Waals surface area contributed by atoms with E-state index < -0.39 is 0 Å². The van der Waals surface area contributed by atoms with Gasteiger partial charge in [0.05, 0.1) is 23.4 Å². The molecule has 0 aliphatic carbocycles. The van der Waals surface area contributed by atoms with Crippen LogP contribution in [-0.2, 0) is 6.54 Å². The van der Waals surface area contributed by atoms with Crippen LogP contribution >= 0.6 is 0 Å². The van der Waals surface area contributed by atoms with Crippen LogP contribution in [0, 0.1) is 17.2 Å². The van der Waals surface area contributed by atoms with E-state index >= 15 is 0 Å². The minimum Gasteiger partial charge on any atom is -0.337 e. The third-order valence-corrected chi connectivity index (χ3v) is 5.07. The van der Waals surface area contributed by atoms with Gasteiger partial charge in [-0.25, -0.2) is 0 Å². The molecule has 2 aromatic heterocycles. The number of rotatable bonds is 4. The molecule has 4 rings (SSSR count). The second-order valence-electron chi connectivity index (χ2n) is 7.00. The number of benzene rings is 1. The number of likely N-dealkylation sites (tertiary alicyclic amines) is 1. The van der Waals surface area contributed by atoms with Crippen LogP contribution in [0.4, 0.5) is 0 Å². The van der Waals surface area contributed by atoms with E-state index in [1.165, 1.54) is 0 Å². The van der Waals surface area contributed by atoms with E-state index in [4.69, 9.17) is 9.78 Å². The molecule has 1 saturated heterocycles. The summed E-state index contributed by atoms with van der Waals surface area (Å²) < 4.78 is 5.66. The fourth-order valence-corrected chi connectivity index (χ4v) is 3.75. The van der Waals surface area contributed by atoms with Gasteiger partial charge in [-0.3, -0.25) is 9.88 Å². The third-order valence-electron chi connectivity index (χ3n) is 5.07. The fourth-order valence-electron chi connectivity index (χ4n) is 3.75. The number of pyridine rings is 1. The van der Waals surface area contributed by atoms with Crippen LogP contribution in [0.25, 0.3) is 11.4 Å². The van der Waals surface area contributed by atoms with Crippen LogP contribution in [0.2, 0.25) is 0 Å². The highest BCUT2D eigenvalue weighted by Gasteiger charge is 2.34. The highest BCUT2D eigenvalue weighted by atomic mass is 16.5. The summed E-state index contributed by atoms with van der Waals surface area (Å²) in [5.41, 5.74) is 2.42. The molecule has 0 spiro atoms. The first kappa shape index (κ1) is 17.4. The second kappa shape index (κ2) is 7.68. The molecule has 1 aromatic carbocycles. The number of hydrogen-bond acceptors (Lipinski definition) is 6. The summed E-state index contributed by atoms with van der Waals surface area (Å²) in [4.78, 5) is 11.5. The van der Waals surface area contributed by atoms with Gasteiger partial charge < -0.3 is 4.52 Å². The molecule has 0 saturated carbocycles. The smallest absolute Gasteiger partial charge is 0.244 e. The Morgan fingerprint density at radius 2 is 2.19 bits per heavy atom. The van der Waals surface area contributed by atoms with E-state index in [1.807, 2.05) is 36.5 Å². The van der Waals surface area contributed by atoms with Gasteiger partial charge >= 0.3 is 0 Å². The van der Waals surface area contributed by atoms with Gasteiger partial charge in [-0.1, -0.05) is 30.3 Å². The molecule has 6 nitrogen and oxygen atoms in total. The van der Waals surface area contributed by atoms with Crippen molar-refractivity contribution in [1.29, 1.82) is 5.26 Å². The van der Waals surface area contributed by atoms with Gasteiger partial charge in [0.1, 0.15) is 0 Å². The summed E-state index contributed by atoms with van der Waals surface area (Å²) in [7, 11) is 0. The molecule has 0 bridgehead atoms. The monoisotopic (exact) mass is 359 g/mol. The molecule has 1 aliphatic heterocycles. The highest BCUT2D eigenvalue weighted by molar-refractivity contribution is 5.57. The normalized spacial score (nSPS) is 20.3. The van der Waals surface area contributed by atoms with Crippen LogP contribution in [0.5, 0.6) is 0 Å².